The number of Topliss-reactive ketones (excluding diaryl/α,β-unsaturated/α-hetero) is 1. The van der Waals surface area contributed by atoms with Gasteiger partial charge in [0.1, 0.15) is 6.04 Å². The molecule has 0 saturated carbocycles. The average Bonchev–Trinajstić information content (AvgIpc) is 3.12. The topological polar surface area (TPSA) is 72.5 Å². The molecule has 0 unspecified atom stereocenters. The number of carbonyl (C=O) groups is 3. The zero-order chi connectivity index (χ0) is 14.4. The van der Waals surface area contributed by atoms with Crippen LogP contribution in [0.25, 0.3) is 0 Å². The third-order valence-corrected chi connectivity index (χ3v) is 3.81. The molecule has 0 amide bonds. The predicted molar refractivity (Wildman–Crippen MR) is 74.5 cm³/mol. The van der Waals surface area contributed by atoms with Crippen molar-refractivity contribution in [2.24, 2.45) is 0 Å². The van der Waals surface area contributed by atoms with Gasteiger partial charge in [0.05, 0.1) is 4.88 Å². The minimum atomic E-state index is -0.734. The van der Waals surface area contributed by atoms with Gasteiger partial charge in [-0.3, -0.25) is 4.79 Å². The number of ketones is 1. The molecular formula is C14H15NO4S. The van der Waals surface area contributed by atoms with E-state index in [1.165, 1.54) is 17.4 Å². The Morgan fingerprint density at radius 2 is 2.30 bits per heavy atom. The summed E-state index contributed by atoms with van der Waals surface area (Å²) in [5.74, 6) is -1.35. The molecule has 2 rings (SSSR count). The minimum absolute atomic E-state index is 0.0622. The Kier molecular flexibility index (Phi) is 5.20. The summed E-state index contributed by atoms with van der Waals surface area (Å²) in [6.45, 7) is 0.763. The highest BCUT2D eigenvalue weighted by molar-refractivity contribution is 7.12. The normalized spacial score (nSPS) is 18.3. The fourth-order valence-electron chi connectivity index (χ4n) is 1.89. The van der Waals surface area contributed by atoms with E-state index in [4.69, 9.17) is 0 Å². The molecule has 0 aromatic carbocycles. The number of ether oxygens (including phenoxy) is 1. The van der Waals surface area contributed by atoms with Crippen LogP contribution in [-0.2, 0) is 14.3 Å². The van der Waals surface area contributed by atoms with Crippen molar-refractivity contribution >= 4 is 29.1 Å². The molecule has 2 heterocycles. The van der Waals surface area contributed by atoms with Crippen LogP contribution in [0.2, 0.25) is 0 Å². The monoisotopic (exact) mass is 293 g/mol. The Labute approximate surface area is 120 Å². The molecule has 1 N–H and O–H groups in total. The molecule has 0 spiro atoms. The van der Waals surface area contributed by atoms with Gasteiger partial charge in [-0.25, -0.2) is 9.59 Å². The Hall–Kier alpha value is -1.79. The molecule has 0 aliphatic carbocycles. The summed E-state index contributed by atoms with van der Waals surface area (Å²) < 4.78 is 4.67. The van der Waals surface area contributed by atoms with E-state index in [0.717, 1.165) is 19.0 Å². The molecule has 5 nitrogen and oxygen atoms in total. The van der Waals surface area contributed by atoms with Gasteiger partial charge in [-0.1, -0.05) is 12.1 Å². The number of nitrogens with one attached hydrogen (secondary N) is 1. The van der Waals surface area contributed by atoms with Crippen molar-refractivity contribution in [3.05, 3.63) is 34.5 Å². The van der Waals surface area contributed by atoms with Crippen molar-refractivity contribution in [2.75, 3.05) is 6.54 Å². The van der Waals surface area contributed by atoms with Crippen molar-refractivity contribution in [1.29, 1.82) is 0 Å². The van der Waals surface area contributed by atoms with Gasteiger partial charge in [0.2, 0.25) is 0 Å². The molecule has 0 bridgehead atoms. The second kappa shape index (κ2) is 7.12. The fourth-order valence-corrected chi connectivity index (χ4v) is 2.57. The average molecular weight is 293 g/mol. The maximum absolute atomic E-state index is 11.6. The van der Waals surface area contributed by atoms with Gasteiger partial charge in [-0.2, -0.15) is 0 Å². The SMILES string of the molecule is O=C(C=CCC(=O)c1cccs1)OC(=O)[C@@H]1CCCN1. The molecule has 20 heavy (non-hydrogen) atoms. The summed E-state index contributed by atoms with van der Waals surface area (Å²) in [5, 5.41) is 4.77. The van der Waals surface area contributed by atoms with Crippen LogP contribution in [0.5, 0.6) is 0 Å². The van der Waals surface area contributed by atoms with Gasteiger partial charge >= 0.3 is 11.9 Å². The van der Waals surface area contributed by atoms with Crippen LogP contribution in [0.15, 0.2) is 29.7 Å². The zero-order valence-electron chi connectivity index (χ0n) is 10.8. The Balaban J connectivity index is 1.75. The number of allylic oxidation sites excluding steroid dienone is 1. The first kappa shape index (κ1) is 14.6. The lowest BCUT2D eigenvalue weighted by atomic mass is 10.2. The van der Waals surface area contributed by atoms with Crippen molar-refractivity contribution in [2.45, 2.75) is 25.3 Å². The van der Waals surface area contributed by atoms with Gasteiger partial charge < -0.3 is 10.1 Å². The van der Waals surface area contributed by atoms with Crippen LogP contribution in [0, 0.1) is 0 Å². The van der Waals surface area contributed by atoms with Crippen molar-refractivity contribution in [1.82, 2.24) is 5.32 Å². The van der Waals surface area contributed by atoms with Crippen molar-refractivity contribution in [3.63, 3.8) is 0 Å². The highest BCUT2D eigenvalue weighted by Crippen LogP contribution is 2.11. The van der Waals surface area contributed by atoms with Gasteiger partial charge in [-0.05, 0) is 30.8 Å². The summed E-state index contributed by atoms with van der Waals surface area (Å²) in [6.07, 6.45) is 4.25. The minimum Gasteiger partial charge on any atom is -0.389 e. The molecule has 1 atom stereocenters. The molecule has 1 aromatic heterocycles. The van der Waals surface area contributed by atoms with Crippen molar-refractivity contribution < 1.29 is 19.1 Å². The van der Waals surface area contributed by atoms with Crippen LogP contribution < -0.4 is 5.32 Å². The zero-order valence-corrected chi connectivity index (χ0v) is 11.7. The molecule has 0 radical (unpaired) electrons. The highest BCUT2D eigenvalue weighted by atomic mass is 32.1. The summed E-state index contributed by atoms with van der Waals surface area (Å²) in [5.41, 5.74) is 0. The number of hydrogen-bond acceptors (Lipinski definition) is 6. The largest absolute Gasteiger partial charge is 0.389 e. The van der Waals surface area contributed by atoms with E-state index in [1.807, 2.05) is 5.38 Å². The van der Waals surface area contributed by atoms with E-state index in [0.29, 0.717) is 11.3 Å². The standard InChI is InChI=1S/C14H15NO4S/c16-11(12-6-3-9-20-12)5-1-7-13(17)19-14(18)10-4-2-8-15-10/h1,3,6-7,9-10,15H,2,4-5,8H2/t10-/m0/s1. The smallest absolute Gasteiger partial charge is 0.338 e. The van der Waals surface area contributed by atoms with E-state index in [1.54, 1.807) is 12.1 Å². The number of thiophene rings is 1. The lowest BCUT2D eigenvalue weighted by molar-refractivity contribution is -0.157. The molecular weight excluding hydrogens is 278 g/mol. The van der Waals surface area contributed by atoms with Gasteiger partial charge in [0, 0.05) is 12.5 Å². The van der Waals surface area contributed by atoms with E-state index in [9.17, 15) is 14.4 Å². The van der Waals surface area contributed by atoms with Crippen LogP contribution >= 0.6 is 11.3 Å². The number of esters is 2. The molecule has 6 heteroatoms. The maximum atomic E-state index is 11.6. The Morgan fingerprint density at radius 1 is 1.45 bits per heavy atom. The van der Waals surface area contributed by atoms with Crippen LogP contribution in [0.1, 0.15) is 28.9 Å². The molecule has 1 aromatic rings. The van der Waals surface area contributed by atoms with Gasteiger partial charge in [-0.15, -0.1) is 11.3 Å². The fraction of sp³-hybridized carbons (Fsp3) is 0.357. The molecule has 1 fully saturated rings. The lowest BCUT2D eigenvalue weighted by Gasteiger charge is -2.06. The van der Waals surface area contributed by atoms with Crippen LogP contribution in [0.3, 0.4) is 0 Å². The second-order valence-corrected chi connectivity index (χ2v) is 5.34. The maximum Gasteiger partial charge on any atom is 0.338 e. The summed E-state index contributed by atoms with van der Waals surface area (Å²) in [6, 6.07) is 3.14. The highest BCUT2D eigenvalue weighted by Gasteiger charge is 2.24. The number of carbonyl (C=O) groups excluding carboxylic acids is 3. The number of rotatable bonds is 5. The molecule has 1 saturated heterocycles. The predicted octanol–water partition coefficient (Wildman–Crippen LogP) is 1.70. The van der Waals surface area contributed by atoms with E-state index in [-0.39, 0.29) is 18.2 Å². The lowest BCUT2D eigenvalue weighted by Crippen LogP contribution is -2.33. The third kappa shape index (κ3) is 4.11. The second-order valence-electron chi connectivity index (χ2n) is 4.40. The summed E-state index contributed by atoms with van der Waals surface area (Å²) in [4.78, 5) is 35.2. The van der Waals surface area contributed by atoms with E-state index >= 15 is 0 Å². The van der Waals surface area contributed by atoms with Crippen LogP contribution in [-0.4, -0.2) is 30.3 Å². The summed E-state index contributed by atoms with van der Waals surface area (Å²) >= 11 is 1.36. The number of hydrogen-bond donors (Lipinski definition) is 1. The Bertz CT molecular complexity index is 515. The van der Waals surface area contributed by atoms with E-state index in [2.05, 4.69) is 10.1 Å². The van der Waals surface area contributed by atoms with Crippen molar-refractivity contribution in [3.8, 4) is 0 Å². The molecule has 1 aliphatic rings. The first-order valence-corrected chi connectivity index (χ1v) is 7.27. The van der Waals surface area contributed by atoms with Gasteiger partial charge in [0.25, 0.3) is 0 Å². The van der Waals surface area contributed by atoms with E-state index < -0.39 is 11.9 Å². The Morgan fingerprint density at radius 3 is 2.95 bits per heavy atom. The molecule has 1 aliphatic heterocycles. The van der Waals surface area contributed by atoms with Gasteiger partial charge in [0.15, 0.2) is 5.78 Å². The quantitative estimate of drug-likeness (QED) is 0.387. The molecule has 106 valence electrons. The first-order valence-electron chi connectivity index (χ1n) is 6.39. The summed E-state index contributed by atoms with van der Waals surface area (Å²) in [7, 11) is 0. The first-order chi connectivity index (χ1) is 9.66. The van der Waals surface area contributed by atoms with Crippen LogP contribution in [0.4, 0.5) is 0 Å². The third-order valence-electron chi connectivity index (χ3n) is 2.90.